The Kier molecular flexibility index (Phi) is 4.89. The molecule has 0 bridgehead atoms. The van der Waals surface area contributed by atoms with Crippen LogP contribution >= 0.6 is 0 Å². The minimum atomic E-state index is -1.15. The normalized spacial score (nSPS) is 12.9. The van der Waals surface area contributed by atoms with E-state index in [1.54, 1.807) is 48.5 Å². The molecule has 36 heavy (non-hydrogen) atoms. The molecule has 0 saturated heterocycles. The first kappa shape index (κ1) is 22.0. The Morgan fingerprint density at radius 1 is 0.750 bits per heavy atom. The van der Waals surface area contributed by atoms with Gasteiger partial charge in [-0.25, -0.2) is 9.59 Å². The van der Waals surface area contributed by atoms with E-state index in [1.165, 1.54) is 0 Å². The number of fused-ring (bicyclic) bond motifs is 3. The third-order valence-electron chi connectivity index (χ3n) is 6.76. The van der Waals surface area contributed by atoms with E-state index < -0.39 is 17.2 Å². The lowest BCUT2D eigenvalue weighted by Gasteiger charge is -2.20. The first-order valence-corrected chi connectivity index (χ1v) is 11.6. The predicted molar refractivity (Wildman–Crippen MR) is 134 cm³/mol. The Hall–Kier alpha value is -4.52. The summed E-state index contributed by atoms with van der Waals surface area (Å²) in [5, 5.41) is 23.3. The maximum atomic E-state index is 13.4. The van der Waals surface area contributed by atoms with E-state index in [-0.39, 0.29) is 33.8 Å². The molecule has 3 heterocycles. The summed E-state index contributed by atoms with van der Waals surface area (Å²) in [6.45, 7) is 4.22. The van der Waals surface area contributed by atoms with Gasteiger partial charge in [-0.2, -0.15) is 0 Å². The average molecular weight is 482 g/mol. The van der Waals surface area contributed by atoms with E-state index in [1.807, 2.05) is 19.9 Å². The Morgan fingerprint density at radius 2 is 1.31 bits per heavy atom. The second kappa shape index (κ2) is 8.02. The van der Waals surface area contributed by atoms with Gasteiger partial charge in [-0.15, -0.1) is 0 Å². The number of hydrogen-bond acceptors (Lipinski definition) is 7. The largest absolute Gasteiger partial charge is 0.507 e. The van der Waals surface area contributed by atoms with Crippen molar-refractivity contribution >= 4 is 21.9 Å². The second-order valence-electron chi connectivity index (χ2n) is 9.20. The second-order valence-corrected chi connectivity index (χ2v) is 9.20. The Labute approximate surface area is 204 Å². The fourth-order valence-electron chi connectivity index (χ4n) is 4.99. The lowest BCUT2D eigenvalue weighted by atomic mass is 9.84. The molecule has 0 unspecified atom stereocenters. The Morgan fingerprint density at radius 3 is 1.86 bits per heavy atom. The van der Waals surface area contributed by atoms with E-state index in [0.29, 0.717) is 35.1 Å². The van der Waals surface area contributed by atoms with Crippen molar-refractivity contribution in [2.24, 2.45) is 0 Å². The van der Waals surface area contributed by atoms with Crippen molar-refractivity contribution in [3.63, 3.8) is 0 Å². The maximum absolute atomic E-state index is 13.4. The van der Waals surface area contributed by atoms with Gasteiger partial charge < -0.3 is 23.8 Å². The molecule has 7 heteroatoms. The zero-order valence-electron chi connectivity index (χ0n) is 19.6. The highest BCUT2D eigenvalue weighted by atomic mass is 16.5. The Balaban J connectivity index is 1.71. The molecule has 2 aromatic heterocycles. The third kappa shape index (κ3) is 3.35. The molecule has 0 aliphatic carbocycles. The van der Waals surface area contributed by atoms with Gasteiger partial charge in [-0.1, -0.05) is 24.3 Å². The first-order valence-electron chi connectivity index (χ1n) is 11.6. The van der Waals surface area contributed by atoms with Crippen LogP contribution in [0.1, 0.15) is 39.3 Å². The van der Waals surface area contributed by atoms with Gasteiger partial charge in [0.25, 0.3) is 0 Å². The molecule has 180 valence electrons. The maximum Gasteiger partial charge on any atom is 0.344 e. The van der Waals surface area contributed by atoms with Crippen molar-refractivity contribution in [2.75, 3.05) is 6.61 Å². The van der Waals surface area contributed by atoms with Gasteiger partial charge in [0.15, 0.2) is 0 Å². The van der Waals surface area contributed by atoms with E-state index in [4.69, 9.17) is 13.6 Å². The standard InChI is InChI=1S/C29H22O7/c1-14-3-6-18-21(11-14)35-28(32)24(26(18)30)23(17-5-8-20-16(13-17)9-10-34-20)25-27(31)19-7-4-15(2)12-22(19)36-29(25)33/h3-8,11-13,23,30-31H,9-10H2,1-2H3. The quantitative estimate of drug-likeness (QED) is 0.347. The molecule has 0 amide bonds. The zero-order valence-corrected chi connectivity index (χ0v) is 19.6. The highest BCUT2D eigenvalue weighted by Gasteiger charge is 2.33. The van der Waals surface area contributed by atoms with Crippen molar-refractivity contribution in [3.05, 3.63) is 109 Å². The molecule has 5 aromatic rings. The number of benzene rings is 3. The molecular formula is C29H22O7. The topological polar surface area (TPSA) is 110 Å². The molecule has 0 fully saturated rings. The highest BCUT2D eigenvalue weighted by Crippen LogP contribution is 2.43. The van der Waals surface area contributed by atoms with Gasteiger partial charge in [-0.3, -0.25) is 0 Å². The van der Waals surface area contributed by atoms with Gasteiger partial charge in [0, 0.05) is 6.42 Å². The van der Waals surface area contributed by atoms with Crippen molar-refractivity contribution < 1.29 is 23.8 Å². The van der Waals surface area contributed by atoms with Crippen LogP contribution in [-0.4, -0.2) is 16.8 Å². The lowest BCUT2D eigenvalue weighted by molar-refractivity contribution is 0.357. The minimum Gasteiger partial charge on any atom is -0.507 e. The molecule has 2 N–H and O–H groups in total. The first-order chi connectivity index (χ1) is 17.3. The van der Waals surface area contributed by atoms with Crippen molar-refractivity contribution in [1.29, 1.82) is 0 Å². The van der Waals surface area contributed by atoms with Crippen LogP contribution < -0.4 is 16.0 Å². The van der Waals surface area contributed by atoms with Crippen LogP contribution in [0, 0.1) is 13.8 Å². The molecule has 0 spiro atoms. The molecular weight excluding hydrogens is 460 g/mol. The summed E-state index contributed by atoms with van der Waals surface area (Å²) in [5.74, 6) is -1.07. The van der Waals surface area contributed by atoms with E-state index in [0.717, 1.165) is 16.7 Å². The van der Waals surface area contributed by atoms with Crippen LogP contribution in [0.5, 0.6) is 17.2 Å². The van der Waals surface area contributed by atoms with Crippen LogP contribution in [0.25, 0.3) is 21.9 Å². The molecule has 1 aliphatic rings. The molecule has 0 atom stereocenters. The van der Waals surface area contributed by atoms with E-state index in [9.17, 15) is 19.8 Å². The average Bonchev–Trinajstić information content (AvgIpc) is 3.30. The Bertz CT molecular complexity index is 1700. The van der Waals surface area contributed by atoms with E-state index in [2.05, 4.69) is 0 Å². The number of aromatic hydroxyl groups is 2. The van der Waals surface area contributed by atoms with Crippen LogP contribution in [-0.2, 0) is 6.42 Å². The van der Waals surface area contributed by atoms with Gasteiger partial charge in [0.1, 0.15) is 28.4 Å². The van der Waals surface area contributed by atoms with Crippen LogP contribution in [0.2, 0.25) is 0 Å². The van der Waals surface area contributed by atoms with Crippen molar-refractivity contribution in [2.45, 2.75) is 26.2 Å². The lowest BCUT2D eigenvalue weighted by Crippen LogP contribution is -2.21. The summed E-state index contributed by atoms with van der Waals surface area (Å²) in [6, 6.07) is 15.5. The minimum absolute atomic E-state index is 0.153. The van der Waals surface area contributed by atoms with Gasteiger partial charge in [0.05, 0.1) is 34.4 Å². The van der Waals surface area contributed by atoms with Crippen molar-refractivity contribution in [1.82, 2.24) is 0 Å². The molecule has 1 aliphatic heterocycles. The highest BCUT2D eigenvalue weighted by molar-refractivity contribution is 5.87. The van der Waals surface area contributed by atoms with E-state index >= 15 is 0 Å². The summed E-state index contributed by atoms with van der Waals surface area (Å²) in [7, 11) is 0. The SMILES string of the molecule is Cc1ccc2c(O)c(C(c3ccc4c(c3)CCO4)c3c(O)c4ccc(C)cc4oc3=O)c(=O)oc2c1. The summed E-state index contributed by atoms with van der Waals surface area (Å²) in [5.41, 5.74) is 1.66. The van der Waals surface area contributed by atoms with Crippen molar-refractivity contribution in [3.8, 4) is 17.2 Å². The summed E-state index contributed by atoms with van der Waals surface area (Å²) < 4.78 is 16.8. The molecule has 0 radical (unpaired) electrons. The smallest absolute Gasteiger partial charge is 0.344 e. The van der Waals surface area contributed by atoms with Gasteiger partial charge >= 0.3 is 11.3 Å². The number of aryl methyl sites for hydroxylation is 2. The van der Waals surface area contributed by atoms with Crippen LogP contribution in [0.4, 0.5) is 0 Å². The molecule has 7 nitrogen and oxygen atoms in total. The summed E-state index contributed by atoms with van der Waals surface area (Å²) >= 11 is 0. The number of rotatable bonds is 3. The molecule has 0 saturated carbocycles. The van der Waals surface area contributed by atoms with Crippen LogP contribution in [0.15, 0.2) is 73.0 Å². The number of ether oxygens (including phenoxy) is 1. The fourth-order valence-corrected chi connectivity index (χ4v) is 4.99. The van der Waals surface area contributed by atoms with Crippen LogP contribution in [0.3, 0.4) is 0 Å². The third-order valence-corrected chi connectivity index (χ3v) is 6.76. The number of hydrogen-bond donors (Lipinski definition) is 2. The summed E-state index contributed by atoms with van der Waals surface area (Å²) in [6.07, 6.45) is 0.658. The molecule has 6 rings (SSSR count). The van der Waals surface area contributed by atoms with Gasteiger partial charge in [0.2, 0.25) is 0 Å². The fraction of sp³-hybridized carbons (Fsp3) is 0.172. The summed E-state index contributed by atoms with van der Waals surface area (Å²) in [4.78, 5) is 26.7. The molecule has 3 aromatic carbocycles. The van der Waals surface area contributed by atoms with Gasteiger partial charge in [-0.05, 0) is 66.4 Å². The predicted octanol–water partition coefficient (Wildman–Crippen LogP) is 5.04. The zero-order chi connectivity index (χ0) is 25.1. The monoisotopic (exact) mass is 482 g/mol.